The summed E-state index contributed by atoms with van der Waals surface area (Å²) >= 11 is 0. The highest BCUT2D eigenvalue weighted by Crippen LogP contribution is 2.39. The lowest BCUT2D eigenvalue weighted by atomic mass is 10.1. The van der Waals surface area contributed by atoms with Gasteiger partial charge in [-0.25, -0.2) is 9.37 Å². The lowest BCUT2D eigenvalue weighted by Crippen LogP contribution is -2.01. The molecular weight excluding hydrogens is 401 g/mol. The highest BCUT2D eigenvalue weighted by Gasteiger charge is 2.23. The number of nitrogens with zero attached hydrogens (tertiary/aromatic N) is 3. The SMILES string of the molecule is Cc1nc(C)c2nc(-c3ccc(F)c4c3oc3ccccc34)n(-c3ccccc3)c2c1C. The first-order chi connectivity index (χ1) is 15.5. The summed E-state index contributed by atoms with van der Waals surface area (Å²) in [5, 5.41) is 1.24. The number of rotatable bonds is 2. The number of hydrogen-bond donors (Lipinski definition) is 0. The van der Waals surface area contributed by atoms with E-state index in [9.17, 15) is 4.39 Å². The predicted octanol–water partition coefficient (Wildman–Crippen LogP) is 7.05. The molecule has 4 nitrogen and oxygen atoms in total. The Hall–Kier alpha value is -3.99. The lowest BCUT2D eigenvalue weighted by Gasteiger charge is -2.12. The van der Waals surface area contributed by atoms with Crippen molar-refractivity contribution in [3.8, 4) is 17.1 Å². The molecule has 3 aromatic heterocycles. The van der Waals surface area contributed by atoms with Gasteiger partial charge in [0.25, 0.3) is 0 Å². The van der Waals surface area contributed by atoms with E-state index in [1.165, 1.54) is 6.07 Å². The van der Waals surface area contributed by atoms with Gasteiger partial charge in [-0.15, -0.1) is 0 Å². The van der Waals surface area contributed by atoms with E-state index >= 15 is 0 Å². The number of fused-ring (bicyclic) bond motifs is 4. The highest BCUT2D eigenvalue weighted by atomic mass is 19.1. The largest absolute Gasteiger partial charge is 0.455 e. The highest BCUT2D eigenvalue weighted by molar-refractivity contribution is 6.10. The number of aryl methyl sites for hydroxylation is 3. The zero-order valence-corrected chi connectivity index (χ0v) is 18.0. The number of furan rings is 1. The molecule has 6 rings (SSSR count). The van der Waals surface area contributed by atoms with Gasteiger partial charge in [0.2, 0.25) is 0 Å². The third kappa shape index (κ3) is 2.54. The van der Waals surface area contributed by atoms with Crippen molar-refractivity contribution in [3.63, 3.8) is 0 Å². The molecule has 3 heterocycles. The van der Waals surface area contributed by atoms with Crippen LogP contribution in [-0.2, 0) is 0 Å². The molecular formula is C27H20FN3O. The Morgan fingerprint density at radius 3 is 2.38 bits per heavy atom. The zero-order valence-electron chi connectivity index (χ0n) is 18.0. The van der Waals surface area contributed by atoms with Crippen molar-refractivity contribution < 1.29 is 8.81 Å². The maximum absolute atomic E-state index is 15.0. The van der Waals surface area contributed by atoms with Gasteiger partial charge in [-0.05, 0) is 56.7 Å². The van der Waals surface area contributed by atoms with Crippen LogP contribution in [0.1, 0.15) is 17.0 Å². The predicted molar refractivity (Wildman–Crippen MR) is 126 cm³/mol. The van der Waals surface area contributed by atoms with E-state index < -0.39 is 0 Å². The quantitative estimate of drug-likeness (QED) is 0.301. The molecule has 0 aliphatic carbocycles. The minimum absolute atomic E-state index is 0.305. The summed E-state index contributed by atoms with van der Waals surface area (Å²) in [6.07, 6.45) is 0. The second-order valence-electron chi connectivity index (χ2n) is 8.11. The Kier molecular flexibility index (Phi) is 3.96. The van der Waals surface area contributed by atoms with Gasteiger partial charge in [-0.2, -0.15) is 0 Å². The van der Waals surface area contributed by atoms with Crippen molar-refractivity contribution in [2.45, 2.75) is 20.8 Å². The van der Waals surface area contributed by atoms with Crippen LogP contribution in [0.5, 0.6) is 0 Å². The van der Waals surface area contributed by atoms with Crippen LogP contribution < -0.4 is 0 Å². The normalized spacial score (nSPS) is 11.8. The van der Waals surface area contributed by atoms with Crippen LogP contribution in [0.15, 0.2) is 71.1 Å². The van der Waals surface area contributed by atoms with E-state index in [0.29, 0.717) is 22.4 Å². The zero-order chi connectivity index (χ0) is 22.0. The number of halogens is 1. The Labute approximate surface area is 184 Å². The van der Waals surface area contributed by atoms with Gasteiger partial charge >= 0.3 is 0 Å². The minimum Gasteiger partial charge on any atom is -0.455 e. The molecule has 0 radical (unpaired) electrons. The van der Waals surface area contributed by atoms with Crippen LogP contribution in [0.4, 0.5) is 4.39 Å². The molecule has 0 aliphatic rings. The summed E-state index contributed by atoms with van der Waals surface area (Å²) in [4.78, 5) is 9.72. The van der Waals surface area contributed by atoms with Crippen molar-refractivity contribution in [3.05, 3.63) is 89.5 Å². The Morgan fingerprint density at radius 1 is 0.812 bits per heavy atom. The van der Waals surface area contributed by atoms with Crippen LogP contribution in [0.2, 0.25) is 0 Å². The van der Waals surface area contributed by atoms with Crippen LogP contribution in [0, 0.1) is 26.6 Å². The molecule has 0 saturated carbocycles. The number of para-hydroxylation sites is 2. The number of benzene rings is 3. The lowest BCUT2D eigenvalue weighted by molar-refractivity contribution is 0.634. The smallest absolute Gasteiger partial charge is 0.149 e. The summed E-state index contributed by atoms with van der Waals surface area (Å²) in [6.45, 7) is 6.05. The van der Waals surface area contributed by atoms with E-state index in [1.807, 2.05) is 56.3 Å². The Morgan fingerprint density at radius 2 is 1.56 bits per heavy atom. The topological polar surface area (TPSA) is 43.9 Å². The average Bonchev–Trinajstić information content (AvgIpc) is 3.39. The average molecular weight is 421 g/mol. The number of aromatic nitrogens is 3. The van der Waals surface area contributed by atoms with E-state index in [4.69, 9.17) is 14.4 Å². The standard InChI is InChI=1S/C27H20FN3O/c1-15-16(2)29-17(3)24-25(15)31(18-9-5-4-6-10-18)27(30-24)20-13-14-21(28)23-19-11-7-8-12-22(19)32-26(20)23/h4-14H,1-3H3. The van der Waals surface area contributed by atoms with Crippen molar-refractivity contribution in [2.24, 2.45) is 0 Å². The van der Waals surface area contributed by atoms with Gasteiger partial charge in [0.05, 0.1) is 22.2 Å². The molecule has 0 atom stereocenters. The van der Waals surface area contributed by atoms with E-state index in [-0.39, 0.29) is 5.82 Å². The molecule has 6 aromatic rings. The third-order valence-corrected chi connectivity index (χ3v) is 6.18. The van der Waals surface area contributed by atoms with Crippen LogP contribution in [0.25, 0.3) is 50.0 Å². The maximum atomic E-state index is 15.0. The second-order valence-corrected chi connectivity index (χ2v) is 8.11. The third-order valence-electron chi connectivity index (χ3n) is 6.18. The van der Waals surface area contributed by atoms with Crippen molar-refractivity contribution in [1.29, 1.82) is 0 Å². The molecule has 32 heavy (non-hydrogen) atoms. The fourth-order valence-corrected chi connectivity index (χ4v) is 4.55. The summed E-state index contributed by atoms with van der Waals surface area (Å²) in [7, 11) is 0. The maximum Gasteiger partial charge on any atom is 0.149 e. The van der Waals surface area contributed by atoms with Crippen LogP contribution >= 0.6 is 0 Å². The number of pyridine rings is 1. The summed E-state index contributed by atoms with van der Waals surface area (Å²) in [6, 6.07) is 20.9. The first kappa shape index (κ1) is 18.8. The Bertz CT molecular complexity index is 1660. The van der Waals surface area contributed by atoms with E-state index in [1.54, 1.807) is 6.07 Å². The molecule has 0 aliphatic heterocycles. The molecule has 0 bridgehead atoms. The van der Waals surface area contributed by atoms with Gasteiger partial charge in [-0.1, -0.05) is 36.4 Å². The fraction of sp³-hybridized carbons (Fsp3) is 0.111. The van der Waals surface area contributed by atoms with Crippen LogP contribution in [-0.4, -0.2) is 14.5 Å². The van der Waals surface area contributed by atoms with Crippen molar-refractivity contribution in [2.75, 3.05) is 0 Å². The number of imidazole rings is 1. The van der Waals surface area contributed by atoms with Crippen molar-refractivity contribution >= 4 is 33.0 Å². The molecule has 3 aromatic carbocycles. The molecule has 5 heteroatoms. The van der Waals surface area contributed by atoms with Gasteiger partial charge in [-0.3, -0.25) is 9.55 Å². The molecule has 0 spiro atoms. The van der Waals surface area contributed by atoms with E-state index in [2.05, 4.69) is 23.6 Å². The molecule has 156 valence electrons. The monoisotopic (exact) mass is 421 g/mol. The fourth-order valence-electron chi connectivity index (χ4n) is 4.55. The van der Waals surface area contributed by atoms with Gasteiger partial charge < -0.3 is 4.42 Å². The second kappa shape index (κ2) is 6.76. The molecule has 0 fully saturated rings. The summed E-state index contributed by atoms with van der Waals surface area (Å²) < 4.78 is 23.3. The molecule has 0 saturated heterocycles. The molecule has 0 N–H and O–H groups in total. The molecule has 0 amide bonds. The summed E-state index contributed by atoms with van der Waals surface area (Å²) in [5.41, 5.74) is 7.61. The Balaban J connectivity index is 1.80. The first-order valence-corrected chi connectivity index (χ1v) is 10.6. The minimum atomic E-state index is -0.305. The number of hydrogen-bond acceptors (Lipinski definition) is 3. The van der Waals surface area contributed by atoms with Gasteiger partial charge in [0, 0.05) is 16.8 Å². The van der Waals surface area contributed by atoms with Crippen molar-refractivity contribution in [1.82, 2.24) is 14.5 Å². The first-order valence-electron chi connectivity index (χ1n) is 10.6. The van der Waals surface area contributed by atoms with E-state index in [0.717, 1.165) is 44.6 Å². The van der Waals surface area contributed by atoms with Gasteiger partial charge in [0.15, 0.2) is 0 Å². The van der Waals surface area contributed by atoms with Gasteiger partial charge in [0.1, 0.15) is 28.3 Å². The summed E-state index contributed by atoms with van der Waals surface area (Å²) in [5.74, 6) is 0.398. The van der Waals surface area contributed by atoms with Crippen LogP contribution in [0.3, 0.4) is 0 Å². The molecule has 0 unspecified atom stereocenters.